The van der Waals surface area contributed by atoms with Gasteiger partial charge in [0.15, 0.2) is 0 Å². The molecule has 1 aliphatic heterocycles. The molecule has 160 valence electrons. The Labute approximate surface area is 178 Å². The third kappa shape index (κ3) is 6.05. The zero-order valence-electron chi connectivity index (χ0n) is 17.5. The summed E-state index contributed by atoms with van der Waals surface area (Å²) in [5.41, 5.74) is 2.54. The van der Waals surface area contributed by atoms with Crippen LogP contribution >= 0.6 is 0 Å². The molecule has 0 bridgehead atoms. The predicted octanol–water partition coefficient (Wildman–Crippen LogP) is 4.33. The molecule has 2 aliphatic rings. The molecule has 1 saturated carbocycles. The van der Waals surface area contributed by atoms with Crippen LogP contribution in [0.2, 0.25) is 0 Å². The lowest BCUT2D eigenvalue weighted by Crippen LogP contribution is -2.40. The summed E-state index contributed by atoms with van der Waals surface area (Å²) in [6.45, 7) is 3.96. The van der Waals surface area contributed by atoms with Crippen molar-refractivity contribution < 1.29 is 9.18 Å². The lowest BCUT2D eigenvalue weighted by molar-refractivity contribution is 0.182. The highest BCUT2D eigenvalue weighted by molar-refractivity contribution is 5.74. The molecule has 0 aromatic heterocycles. The number of halogens is 1. The Bertz CT molecular complexity index is 803. The van der Waals surface area contributed by atoms with Crippen molar-refractivity contribution in [3.8, 4) is 0 Å². The Morgan fingerprint density at radius 2 is 1.77 bits per heavy atom. The van der Waals surface area contributed by atoms with Gasteiger partial charge in [-0.05, 0) is 80.9 Å². The molecule has 1 saturated heterocycles. The average Bonchev–Trinajstić information content (AvgIpc) is 3.53. The van der Waals surface area contributed by atoms with E-state index in [9.17, 15) is 9.18 Å². The second-order valence-corrected chi connectivity index (χ2v) is 8.73. The number of nitrogens with zero attached hydrogens (tertiary/aromatic N) is 1. The number of likely N-dealkylation sites (tertiary alicyclic amines) is 1. The van der Waals surface area contributed by atoms with Crippen molar-refractivity contribution in [2.75, 3.05) is 26.2 Å². The van der Waals surface area contributed by atoms with E-state index < -0.39 is 0 Å². The van der Waals surface area contributed by atoms with E-state index in [1.165, 1.54) is 24.0 Å². The quantitative estimate of drug-likeness (QED) is 0.638. The highest BCUT2D eigenvalue weighted by Gasteiger charge is 2.39. The molecule has 2 atom stereocenters. The van der Waals surface area contributed by atoms with Crippen LogP contribution in [0, 0.1) is 11.7 Å². The van der Waals surface area contributed by atoms with Gasteiger partial charge in [-0.1, -0.05) is 42.5 Å². The number of hydrogen-bond donors (Lipinski definition) is 2. The van der Waals surface area contributed by atoms with E-state index in [0.29, 0.717) is 18.4 Å². The van der Waals surface area contributed by atoms with Crippen LogP contribution in [0.3, 0.4) is 0 Å². The number of benzene rings is 2. The van der Waals surface area contributed by atoms with Gasteiger partial charge in [0.05, 0.1) is 0 Å². The molecule has 2 N–H and O–H groups in total. The molecule has 2 aromatic carbocycles. The van der Waals surface area contributed by atoms with Crippen LogP contribution in [0.1, 0.15) is 42.7 Å². The Hall–Kier alpha value is -2.40. The maximum absolute atomic E-state index is 13.0. The van der Waals surface area contributed by atoms with E-state index in [1.807, 2.05) is 18.2 Å². The molecule has 4 nitrogen and oxygen atoms in total. The normalized spacial score (nSPS) is 21.9. The largest absolute Gasteiger partial charge is 0.338 e. The molecule has 2 unspecified atom stereocenters. The summed E-state index contributed by atoms with van der Waals surface area (Å²) >= 11 is 0. The van der Waals surface area contributed by atoms with Crippen LogP contribution in [-0.2, 0) is 6.42 Å². The van der Waals surface area contributed by atoms with Crippen molar-refractivity contribution in [1.29, 1.82) is 0 Å². The first-order chi connectivity index (χ1) is 14.7. The van der Waals surface area contributed by atoms with Crippen LogP contribution in [0.4, 0.5) is 9.18 Å². The predicted molar refractivity (Wildman–Crippen MR) is 118 cm³/mol. The number of carbonyl (C=O) groups excluding carboxylic acids is 1. The maximum atomic E-state index is 13.0. The second kappa shape index (κ2) is 10.1. The highest BCUT2D eigenvalue weighted by Crippen LogP contribution is 2.40. The SMILES string of the molecule is O=C(NCCCN1CCC(Cc2ccc(F)cc2)CC1)NC1CC1c1ccccc1. The lowest BCUT2D eigenvalue weighted by atomic mass is 9.90. The van der Waals surface area contributed by atoms with E-state index in [1.54, 1.807) is 12.1 Å². The van der Waals surface area contributed by atoms with E-state index in [-0.39, 0.29) is 17.9 Å². The third-order valence-corrected chi connectivity index (χ3v) is 6.42. The summed E-state index contributed by atoms with van der Waals surface area (Å²) in [5, 5.41) is 6.09. The first-order valence-corrected chi connectivity index (χ1v) is 11.2. The molecule has 0 radical (unpaired) electrons. The molecular weight excluding hydrogens is 377 g/mol. The number of amides is 2. The summed E-state index contributed by atoms with van der Waals surface area (Å²) in [6.07, 6.45) is 5.43. The Balaban J connectivity index is 1.06. The van der Waals surface area contributed by atoms with Crippen LogP contribution in [0.5, 0.6) is 0 Å². The zero-order chi connectivity index (χ0) is 20.8. The maximum Gasteiger partial charge on any atom is 0.315 e. The standard InChI is InChI=1S/C25H32FN3O/c26-22-9-7-19(8-10-22)17-20-11-15-29(16-12-20)14-4-13-27-25(30)28-24-18-23(24)21-5-2-1-3-6-21/h1-3,5-10,20,23-24H,4,11-18H2,(H2,27,28,30). The van der Waals surface area contributed by atoms with E-state index in [2.05, 4.69) is 39.8 Å². The van der Waals surface area contributed by atoms with E-state index >= 15 is 0 Å². The summed E-state index contributed by atoms with van der Waals surface area (Å²) in [7, 11) is 0. The van der Waals surface area contributed by atoms with Gasteiger partial charge in [-0.3, -0.25) is 0 Å². The smallest absolute Gasteiger partial charge is 0.315 e. The van der Waals surface area contributed by atoms with Gasteiger partial charge in [0.25, 0.3) is 0 Å². The second-order valence-electron chi connectivity index (χ2n) is 8.73. The number of urea groups is 1. The van der Waals surface area contributed by atoms with Crippen LogP contribution in [0.25, 0.3) is 0 Å². The van der Waals surface area contributed by atoms with Crippen molar-refractivity contribution in [3.63, 3.8) is 0 Å². The molecule has 4 rings (SSSR count). The van der Waals surface area contributed by atoms with Gasteiger partial charge in [0.2, 0.25) is 0 Å². The Morgan fingerprint density at radius 3 is 2.50 bits per heavy atom. The summed E-state index contributed by atoms with van der Waals surface area (Å²) in [6, 6.07) is 17.5. The third-order valence-electron chi connectivity index (χ3n) is 6.42. The van der Waals surface area contributed by atoms with Crippen molar-refractivity contribution in [2.24, 2.45) is 5.92 Å². The molecule has 5 heteroatoms. The van der Waals surface area contributed by atoms with Gasteiger partial charge in [0.1, 0.15) is 5.82 Å². The topological polar surface area (TPSA) is 44.4 Å². The van der Waals surface area contributed by atoms with Crippen LogP contribution in [-0.4, -0.2) is 43.2 Å². The van der Waals surface area contributed by atoms with E-state index in [4.69, 9.17) is 0 Å². The van der Waals surface area contributed by atoms with Crippen LogP contribution < -0.4 is 10.6 Å². The lowest BCUT2D eigenvalue weighted by Gasteiger charge is -2.32. The molecule has 2 fully saturated rings. The monoisotopic (exact) mass is 409 g/mol. The Morgan fingerprint density at radius 1 is 1.03 bits per heavy atom. The van der Waals surface area contributed by atoms with Gasteiger partial charge in [-0.2, -0.15) is 0 Å². The van der Waals surface area contributed by atoms with Gasteiger partial charge in [-0.15, -0.1) is 0 Å². The number of carbonyl (C=O) groups is 1. The molecule has 1 heterocycles. The fraction of sp³-hybridized carbons (Fsp3) is 0.480. The van der Waals surface area contributed by atoms with Crippen LogP contribution in [0.15, 0.2) is 54.6 Å². The summed E-state index contributed by atoms with van der Waals surface area (Å²) in [4.78, 5) is 14.6. The molecule has 2 aromatic rings. The minimum Gasteiger partial charge on any atom is -0.338 e. The van der Waals surface area contributed by atoms with Gasteiger partial charge in [-0.25, -0.2) is 9.18 Å². The highest BCUT2D eigenvalue weighted by atomic mass is 19.1. The molecule has 1 aliphatic carbocycles. The van der Waals surface area contributed by atoms with E-state index in [0.717, 1.165) is 38.9 Å². The molecule has 0 spiro atoms. The summed E-state index contributed by atoms with van der Waals surface area (Å²) in [5.74, 6) is 0.990. The van der Waals surface area contributed by atoms with Crippen molar-refractivity contribution in [2.45, 2.75) is 44.1 Å². The molecule has 2 amide bonds. The number of rotatable bonds is 8. The van der Waals surface area contributed by atoms with Gasteiger partial charge < -0.3 is 15.5 Å². The zero-order valence-corrected chi connectivity index (χ0v) is 17.5. The van der Waals surface area contributed by atoms with Crippen molar-refractivity contribution in [1.82, 2.24) is 15.5 Å². The fourth-order valence-corrected chi connectivity index (χ4v) is 4.52. The minimum absolute atomic E-state index is 0.0450. The minimum atomic E-state index is -0.163. The van der Waals surface area contributed by atoms with Crippen molar-refractivity contribution >= 4 is 6.03 Å². The fourth-order valence-electron chi connectivity index (χ4n) is 4.52. The summed E-state index contributed by atoms with van der Waals surface area (Å²) < 4.78 is 13.0. The van der Waals surface area contributed by atoms with Gasteiger partial charge >= 0.3 is 6.03 Å². The first kappa shape index (κ1) is 20.9. The number of hydrogen-bond acceptors (Lipinski definition) is 2. The number of piperidine rings is 1. The van der Waals surface area contributed by atoms with Crippen molar-refractivity contribution in [3.05, 3.63) is 71.5 Å². The molecule has 30 heavy (non-hydrogen) atoms. The molecular formula is C25H32FN3O. The number of nitrogens with one attached hydrogen (secondary N) is 2. The Kier molecular flexibility index (Phi) is 7.00. The average molecular weight is 410 g/mol. The van der Waals surface area contributed by atoms with Gasteiger partial charge in [0, 0.05) is 18.5 Å². The first-order valence-electron chi connectivity index (χ1n) is 11.2.